The van der Waals surface area contributed by atoms with Crippen molar-refractivity contribution >= 4 is 10.9 Å². The first-order valence-corrected chi connectivity index (χ1v) is 8.65. The second kappa shape index (κ2) is 7.52. The fourth-order valence-electron chi connectivity index (χ4n) is 3.44. The van der Waals surface area contributed by atoms with Crippen LogP contribution in [0.25, 0.3) is 10.9 Å². The number of benzene rings is 1. The maximum atomic E-state index is 12.4. The summed E-state index contributed by atoms with van der Waals surface area (Å²) in [6, 6.07) is 4.44. The lowest BCUT2D eigenvalue weighted by Gasteiger charge is -2.18. The molecule has 1 aliphatic rings. The third-order valence-corrected chi connectivity index (χ3v) is 4.69. The summed E-state index contributed by atoms with van der Waals surface area (Å²) in [7, 11) is 0. The Labute approximate surface area is 145 Å². The zero-order valence-electron chi connectivity index (χ0n) is 14.2. The monoisotopic (exact) mass is 352 g/mol. The quantitative estimate of drug-likeness (QED) is 0.575. The van der Waals surface area contributed by atoms with E-state index in [1.807, 2.05) is 6.92 Å². The van der Waals surface area contributed by atoms with Crippen LogP contribution in [0.15, 0.2) is 30.4 Å². The van der Waals surface area contributed by atoms with E-state index in [9.17, 15) is 13.2 Å². The van der Waals surface area contributed by atoms with Gasteiger partial charge in [0, 0.05) is 16.6 Å². The van der Waals surface area contributed by atoms with Gasteiger partial charge in [-0.1, -0.05) is 12.2 Å². The first-order valence-electron chi connectivity index (χ1n) is 8.65. The van der Waals surface area contributed by atoms with E-state index in [-0.39, 0.29) is 5.75 Å². The molecule has 0 amide bonds. The van der Waals surface area contributed by atoms with Crippen molar-refractivity contribution in [2.24, 2.45) is 5.92 Å². The summed E-state index contributed by atoms with van der Waals surface area (Å²) in [5, 5.41) is 4.27. The molecular weight excluding hydrogens is 329 g/mol. The second-order valence-corrected chi connectivity index (χ2v) is 6.59. The molecule has 6 heteroatoms. The van der Waals surface area contributed by atoms with Crippen LogP contribution in [0.4, 0.5) is 13.2 Å². The van der Waals surface area contributed by atoms with Crippen molar-refractivity contribution < 1.29 is 17.9 Å². The van der Waals surface area contributed by atoms with Crippen LogP contribution in [0.2, 0.25) is 0 Å². The van der Waals surface area contributed by atoms with Crippen molar-refractivity contribution in [3.05, 3.63) is 41.6 Å². The number of nitrogens with one attached hydrogen (secondary N) is 2. The highest BCUT2D eigenvalue weighted by Crippen LogP contribution is 2.29. The maximum absolute atomic E-state index is 12.4. The van der Waals surface area contributed by atoms with E-state index in [0.717, 1.165) is 54.5 Å². The SMILES string of the molecule is Cc1[nH]c2ccc(OC(F)(F)F)cc2c1CCNC[C@H]1CC=CCC1. The lowest BCUT2D eigenvalue weighted by atomic mass is 9.94. The molecule has 25 heavy (non-hydrogen) atoms. The number of hydrogen-bond donors (Lipinski definition) is 2. The molecule has 1 aliphatic carbocycles. The number of allylic oxidation sites excluding steroid dienone is 2. The minimum absolute atomic E-state index is 0.179. The van der Waals surface area contributed by atoms with Gasteiger partial charge in [0.25, 0.3) is 0 Å². The zero-order chi connectivity index (χ0) is 17.9. The highest BCUT2D eigenvalue weighted by atomic mass is 19.4. The van der Waals surface area contributed by atoms with Crippen LogP contribution in [0.5, 0.6) is 5.75 Å². The Balaban J connectivity index is 1.64. The number of alkyl halides is 3. The predicted molar refractivity (Wildman–Crippen MR) is 92.8 cm³/mol. The van der Waals surface area contributed by atoms with Crippen molar-refractivity contribution in [2.75, 3.05) is 13.1 Å². The summed E-state index contributed by atoms with van der Waals surface area (Å²) in [6.45, 7) is 3.73. The van der Waals surface area contributed by atoms with Crippen molar-refractivity contribution in [1.29, 1.82) is 0 Å². The van der Waals surface area contributed by atoms with E-state index in [1.165, 1.54) is 18.6 Å². The lowest BCUT2D eigenvalue weighted by Crippen LogP contribution is -2.25. The third kappa shape index (κ3) is 4.78. The van der Waals surface area contributed by atoms with Gasteiger partial charge in [0.2, 0.25) is 0 Å². The summed E-state index contributed by atoms with van der Waals surface area (Å²) < 4.78 is 41.3. The number of aryl methyl sites for hydroxylation is 1. The Morgan fingerprint density at radius 2 is 2.12 bits per heavy atom. The summed E-state index contributed by atoms with van der Waals surface area (Å²) >= 11 is 0. The molecule has 1 heterocycles. The molecule has 0 saturated heterocycles. The van der Waals surface area contributed by atoms with Gasteiger partial charge in [-0.15, -0.1) is 13.2 Å². The number of fused-ring (bicyclic) bond motifs is 1. The van der Waals surface area contributed by atoms with Crippen LogP contribution >= 0.6 is 0 Å². The molecule has 2 aromatic rings. The van der Waals surface area contributed by atoms with Crippen LogP contribution in [-0.4, -0.2) is 24.4 Å². The van der Waals surface area contributed by atoms with Gasteiger partial charge in [0.1, 0.15) is 5.75 Å². The van der Waals surface area contributed by atoms with Crippen LogP contribution in [-0.2, 0) is 6.42 Å². The van der Waals surface area contributed by atoms with E-state index in [2.05, 4.69) is 27.2 Å². The molecule has 0 unspecified atom stereocenters. The second-order valence-electron chi connectivity index (χ2n) is 6.59. The number of ether oxygens (including phenoxy) is 1. The molecule has 3 rings (SSSR count). The Bertz CT molecular complexity index is 749. The van der Waals surface area contributed by atoms with Crippen molar-refractivity contribution in [3.63, 3.8) is 0 Å². The molecule has 0 radical (unpaired) electrons. The van der Waals surface area contributed by atoms with Gasteiger partial charge in [0.05, 0.1) is 0 Å². The average Bonchev–Trinajstić information content (AvgIpc) is 2.86. The first-order chi connectivity index (χ1) is 11.9. The van der Waals surface area contributed by atoms with Gasteiger partial charge in [-0.25, -0.2) is 0 Å². The molecule has 3 nitrogen and oxygen atoms in total. The normalized spacial score (nSPS) is 18.0. The Morgan fingerprint density at radius 1 is 1.28 bits per heavy atom. The number of H-pyrrole nitrogens is 1. The van der Waals surface area contributed by atoms with Gasteiger partial charge in [0.15, 0.2) is 0 Å². The van der Waals surface area contributed by atoms with Crippen LogP contribution in [0, 0.1) is 12.8 Å². The molecule has 0 bridgehead atoms. The summed E-state index contributed by atoms with van der Waals surface area (Å²) in [6.07, 6.45) is 4.05. The van der Waals surface area contributed by atoms with E-state index >= 15 is 0 Å². The maximum Gasteiger partial charge on any atom is 0.573 e. The minimum atomic E-state index is -4.67. The van der Waals surface area contributed by atoms with Crippen LogP contribution in [0.3, 0.4) is 0 Å². The summed E-state index contributed by atoms with van der Waals surface area (Å²) in [5.74, 6) is 0.503. The molecule has 0 fully saturated rings. The van der Waals surface area contributed by atoms with Gasteiger partial charge < -0.3 is 15.0 Å². The molecule has 0 aliphatic heterocycles. The van der Waals surface area contributed by atoms with E-state index in [1.54, 1.807) is 6.07 Å². The lowest BCUT2D eigenvalue weighted by molar-refractivity contribution is -0.274. The van der Waals surface area contributed by atoms with Gasteiger partial charge >= 0.3 is 6.36 Å². The number of aromatic nitrogens is 1. The predicted octanol–water partition coefficient (Wildman–Crippen LogP) is 4.86. The third-order valence-electron chi connectivity index (χ3n) is 4.69. The van der Waals surface area contributed by atoms with Crippen molar-refractivity contribution in [2.45, 2.75) is 39.0 Å². The number of rotatable bonds is 6. The smallest absolute Gasteiger partial charge is 0.406 e. The largest absolute Gasteiger partial charge is 0.573 e. The Morgan fingerprint density at radius 3 is 2.84 bits per heavy atom. The molecule has 1 aromatic carbocycles. The number of aromatic amines is 1. The van der Waals surface area contributed by atoms with Crippen molar-refractivity contribution in [1.82, 2.24) is 10.3 Å². The van der Waals surface area contributed by atoms with Crippen molar-refractivity contribution in [3.8, 4) is 5.75 Å². The van der Waals surface area contributed by atoms with E-state index < -0.39 is 6.36 Å². The highest BCUT2D eigenvalue weighted by molar-refractivity contribution is 5.86. The summed E-state index contributed by atoms with van der Waals surface area (Å²) in [4.78, 5) is 3.23. The molecule has 1 aromatic heterocycles. The van der Waals surface area contributed by atoms with E-state index in [0.29, 0.717) is 5.92 Å². The van der Waals surface area contributed by atoms with Gasteiger partial charge in [-0.05, 0) is 75.4 Å². The summed E-state index contributed by atoms with van der Waals surface area (Å²) in [5.41, 5.74) is 2.86. The van der Waals surface area contributed by atoms with Crippen LogP contribution < -0.4 is 10.1 Å². The topological polar surface area (TPSA) is 37.0 Å². The fraction of sp³-hybridized carbons (Fsp3) is 0.474. The standard InChI is InChI=1S/C19H23F3N2O/c1-13-16(9-10-23-12-14-5-3-2-4-6-14)17-11-15(25-19(20,21)22)7-8-18(17)24-13/h2-3,7-8,11,14,23-24H,4-6,9-10,12H2,1H3/t14-/m0/s1. The first kappa shape index (κ1) is 17.9. The average molecular weight is 352 g/mol. The molecular formula is C19H23F3N2O. The highest BCUT2D eigenvalue weighted by Gasteiger charge is 2.31. The Hall–Kier alpha value is -1.95. The molecule has 2 N–H and O–H groups in total. The molecule has 1 atom stereocenters. The molecule has 0 spiro atoms. The number of halogens is 3. The minimum Gasteiger partial charge on any atom is -0.406 e. The van der Waals surface area contributed by atoms with Gasteiger partial charge in [-0.3, -0.25) is 0 Å². The fourth-order valence-corrected chi connectivity index (χ4v) is 3.44. The van der Waals surface area contributed by atoms with Crippen LogP contribution in [0.1, 0.15) is 30.5 Å². The number of hydrogen-bond acceptors (Lipinski definition) is 2. The molecule has 136 valence electrons. The van der Waals surface area contributed by atoms with Gasteiger partial charge in [-0.2, -0.15) is 0 Å². The Kier molecular flexibility index (Phi) is 5.37. The van der Waals surface area contributed by atoms with E-state index in [4.69, 9.17) is 0 Å². The molecule has 0 saturated carbocycles. The zero-order valence-corrected chi connectivity index (χ0v) is 14.2.